The molecule has 1 aromatic heterocycles. The minimum absolute atomic E-state index is 0.383. The van der Waals surface area contributed by atoms with Crippen molar-refractivity contribution in [2.24, 2.45) is 0 Å². The first kappa shape index (κ1) is 18.1. The maximum Gasteiger partial charge on any atom is 0.150 e. The van der Waals surface area contributed by atoms with Gasteiger partial charge in [-0.05, 0) is 62.8 Å². The van der Waals surface area contributed by atoms with Crippen molar-refractivity contribution in [1.29, 1.82) is 0 Å². The second-order valence-electron chi connectivity index (χ2n) is 8.42. The predicted octanol–water partition coefficient (Wildman–Crippen LogP) is 3.08. The Kier molecular flexibility index (Phi) is 5.32. The van der Waals surface area contributed by atoms with Crippen molar-refractivity contribution in [3.05, 3.63) is 41.5 Å². The van der Waals surface area contributed by atoms with Gasteiger partial charge in [0.1, 0.15) is 17.4 Å². The third-order valence-corrected chi connectivity index (χ3v) is 6.47. The van der Waals surface area contributed by atoms with Gasteiger partial charge in [-0.25, -0.2) is 0 Å². The second-order valence-corrected chi connectivity index (χ2v) is 8.42. The summed E-state index contributed by atoms with van der Waals surface area (Å²) in [5.41, 5.74) is 1.35. The molecule has 0 radical (unpaired) electrons. The molecule has 1 N–H and O–H groups in total. The molecule has 1 saturated heterocycles. The van der Waals surface area contributed by atoms with E-state index in [1.54, 1.807) is 0 Å². The van der Waals surface area contributed by atoms with Crippen molar-refractivity contribution < 1.29 is 4.74 Å². The molecule has 6 heteroatoms. The van der Waals surface area contributed by atoms with E-state index in [0.717, 1.165) is 56.5 Å². The number of aromatic nitrogens is 3. The largest absolute Gasteiger partial charge is 0.490 e. The van der Waals surface area contributed by atoms with Gasteiger partial charge in [0.05, 0.1) is 12.1 Å². The Morgan fingerprint density at radius 1 is 0.964 bits per heavy atom. The number of nitrogens with one attached hydrogen (secondary N) is 1. The van der Waals surface area contributed by atoms with Crippen LogP contribution in [0.25, 0.3) is 0 Å². The summed E-state index contributed by atoms with van der Waals surface area (Å²) >= 11 is 0. The zero-order valence-corrected chi connectivity index (χ0v) is 16.6. The van der Waals surface area contributed by atoms with Crippen LogP contribution in [0.3, 0.4) is 0 Å². The van der Waals surface area contributed by atoms with Gasteiger partial charge in [0.15, 0.2) is 0 Å². The van der Waals surface area contributed by atoms with Gasteiger partial charge in [-0.2, -0.15) is 0 Å². The summed E-state index contributed by atoms with van der Waals surface area (Å²) in [6.07, 6.45) is 8.82. The van der Waals surface area contributed by atoms with Crippen LogP contribution in [0.1, 0.15) is 61.8 Å². The molecular formula is C22H31N5O. The topological polar surface area (TPSA) is 55.2 Å². The van der Waals surface area contributed by atoms with Crippen LogP contribution in [0, 0.1) is 0 Å². The van der Waals surface area contributed by atoms with E-state index in [9.17, 15) is 0 Å². The number of ether oxygens (including phenoxy) is 1. The summed E-state index contributed by atoms with van der Waals surface area (Å²) in [5, 5.41) is 12.6. The van der Waals surface area contributed by atoms with Crippen molar-refractivity contribution in [2.45, 2.75) is 70.2 Å². The Bertz CT molecular complexity index is 781. The number of benzene rings is 1. The molecule has 150 valence electrons. The maximum atomic E-state index is 6.11. The molecule has 5 rings (SSSR count). The first-order chi connectivity index (χ1) is 13.9. The molecule has 2 aliphatic heterocycles. The molecule has 28 heavy (non-hydrogen) atoms. The lowest BCUT2D eigenvalue weighted by Crippen LogP contribution is -2.26. The van der Waals surface area contributed by atoms with E-state index in [1.165, 1.54) is 44.1 Å². The van der Waals surface area contributed by atoms with Crippen molar-refractivity contribution in [3.63, 3.8) is 0 Å². The van der Waals surface area contributed by atoms with E-state index in [-0.39, 0.29) is 0 Å². The fourth-order valence-corrected chi connectivity index (χ4v) is 4.95. The quantitative estimate of drug-likeness (QED) is 0.863. The summed E-state index contributed by atoms with van der Waals surface area (Å²) in [6, 6.07) is 9.14. The molecule has 0 unspecified atom stereocenters. The van der Waals surface area contributed by atoms with E-state index >= 15 is 0 Å². The van der Waals surface area contributed by atoms with E-state index in [2.05, 4.69) is 49.2 Å². The molecule has 1 aromatic carbocycles. The SMILES string of the molecule is c1cc(OC2CCCC2)ccc1CN1CCC[C@H]1c1nnc2n1CCNCC2. The van der Waals surface area contributed by atoms with Gasteiger partial charge in [-0.15, -0.1) is 10.2 Å². The second kappa shape index (κ2) is 8.21. The van der Waals surface area contributed by atoms with Crippen LogP contribution in [0.5, 0.6) is 5.75 Å². The minimum Gasteiger partial charge on any atom is -0.490 e. The third-order valence-electron chi connectivity index (χ3n) is 6.47. The molecule has 0 bridgehead atoms. The van der Waals surface area contributed by atoms with Crippen molar-refractivity contribution >= 4 is 0 Å². The predicted molar refractivity (Wildman–Crippen MR) is 108 cm³/mol. The smallest absolute Gasteiger partial charge is 0.150 e. The average Bonchev–Trinajstić information content (AvgIpc) is 3.43. The average molecular weight is 382 g/mol. The molecule has 6 nitrogen and oxygen atoms in total. The number of nitrogens with zero attached hydrogens (tertiary/aromatic N) is 4. The van der Waals surface area contributed by atoms with E-state index < -0.39 is 0 Å². The standard InChI is InChI=1S/C22H31N5O/c1-2-5-18(4-1)28-19-9-7-17(8-10-19)16-26-14-3-6-20(26)22-25-24-21-11-12-23-13-15-27(21)22/h7-10,18,20,23H,1-6,11-16H2/t20-/m0/s1. The van der Waals surface area contributed by atoms with E-state index in [4.69, 9.17) is 4.74 Å². The number of rotatable bonds is 5. The minimum atomic E-state index is 0.383. The van der Waals surface area contributed by atoms with E-state index in [0.29, 0.717) is 12.1 Å². The third kappa shape index (κ3) is 3.80. The summed E-state index contributed by atoms with van der Waals surface area (Å²) < 4.78 is 8.48. The highest BCUT2D eigenvalue weighted by atomic mass is 16.5. The first-order valence-electron chi connectivity index (χ1n) is 11.0. The summed E-state index contributed by atoms with van der Waals surface area (Å²) in [6.45, 7) is 5.09. The molecule has 1 atom stereocenters. The maximum absolute atomic E-state index is 6.11. The molecule has 3 aliphatic rings. The van der Waals surface area contributed by atoms with Gasteiger partial charge in [0.2, 0.25) is 0 Å². The summed E-state index contributed by atoms with van der Waals surface area (Å²) in [4.78, 5) is 2.57. The molecule has 1 saturated carbocycles. The first-order valence-corrected chi connectivity index (χ1v) is 11.0. The number of fused-ring (bicyclic) bond motifs is 1. The van der Waals surface area contributed by atoms with Crippen LogP contribution in [0.15, 0.2) is 24.3 Å². The summed E-state index contributed by atoms with van der Waals surface area (Å²) in [7, 11) is 0. The highest BCUT2D eigenvalue weighted by Crippen LogP contribution is 2.33. The lowest BCUT2D eigenvalue weighted by Gasteiger charge is -2.24. The van der Waals surface area contributed by atoms with Gasteiger partial charge in [-0.3, -0.25) is 4.90 Å². The lowest BCUT2D eigenvalue weighted by molar-refractivity contribution is 0.209. The van der Waals surface area contributed by atoms with Gasteiger partial charge < -0.3 is 14.6 Å². The highest BCUT2D eigenvalue weighted by Gasteiger charge is 2.31. The molecule has 2 aromatic rings. The fraction of sp³-hybridized carbons (Fsp3) is 0.636. The number of hydrogen-bond acceptors (Lipinski definition) is 5. The molecule has 1 aliphatic carbocycles. The zero-order chi connectivity index (χ0) is 18.8. The zero-order valence-electron chi connectivity index (χ0n) is 16.6. The monoisotopic (exact) mass is 381 g/mol. The molecule has 0 spiro atoms. The van der Waals surface area contributed by atoms with Crippen LogP contribution in [0.4, 0.5) is 0 Å². The van der Waals surface area contributed by atoms with Crippen molar-refractivity contribution in [3.8, 4) is 5.75 Å². The molecule has 2 fully saturated rings. The van der Waals surface area contributed by atoms with E-state index in [1.807, 2.05) is 0 Å². The van der Waals surface area contributed by atoms with Crippen LogP contribution in [-0.4, -0.2) is 45.4 Å². The van der Waals surface area contributed by atoms with Crippen LogP contribution in [-0.2, 0) is 19.5 Å². The molecule has 0 amide bonds. The van der Waals surface area contributed by atoms with Crippen LogP contribution in [0.2, 0.25) is 0 Å². The van der Waals surface area contributed by atoms with Crippen LogP contribution >= 0.6 is 0 Å². The Labute approximate surface area is 167 Å². The number of likely N-dealkylation sites (tertiary alicyclic amines) is 1. The normalized spacial score (nSPS) is 23.6. The van der Waals surface area contributed by atoms with Gasteiger partial charge >= 0.3 is 0 Å². The molecular weight excluding hydrogens is 350 g/mol. The Balaban J connectivity index is 1.26. The Hall–Kier alpha value is -1.92. The fourth-order valence-electron chi connectivity index (χ4n) is 4.95. The Morgan fingerprint density at radius 2 is 1.82 bits per heavy atom. The van der Waals surface area contributed by atoms with Gasteiger partial charge in [0.25, 0.3) is 0 Å². The Morgan fingerprint density at radius 3 is 2.68 bits per heavy atom. The molecule has 3 heterocycles. The number of hydrogen-bond donors (Lipinski definition) is 1. The van der Waals surface area contributed by atoms with Crippen LogP contribution < -0.4 is 10.1 Å². The lowest BCUT2D eigenvalue weighted by atomic mass is 10.1. The van der Waals surface area contributed by atoms with Crippen molar-refractivity contribution in [2.75, 3.05) is 19.6 Å². The summed E-state index contributed by atoms with van der Waals surface area (Å²) in [5.74, 6) is 3.32. The van der Waals surface area contributed by atoms with Gasteiger partial charge in [-0.1, -0.05) is 12.1 Å². The van der Waals surface area contributed by atoms with Crippen molar-refractivity contribution in [1.82, 2.24) is 25.0 Å². The highest BCUT2D eigenvalue weighted by molar-refractivity contribution is 5.27. The van der Waals surface area contributed by atoms with Gasteiger partial charge in [0, 0.05) is 32.6 Å².